The number of rotatable bonds is 2. The van der Waals surface area contributed by atoms with Crippen LogP contribution in [-0.2, 0) is 9.47 Å². The van der Waals surface area contributed by atoms with Crippen molar-refractivity contribution in [1.82, 2.24) is 20.5 Å². The maximum Gasteiger partial charge on any atom is 0.244 e. The van der Waals surface area contributed by atoms with Crippen LogP contribution in [0.2, 0.25) is 0 Å². The Morgan fingerprint density at radius 3 is 3.11 bits per heavy atom. The van der Waals surface area contributed by atoms with Crippen molar-refractivity contribution >= 4 is 5.95 Å². The predicted molar refractivity (Wildman–Crippen MR) is 65.6 cm³/mol. The minimum atomic E-state index is -0.106. The van der Waals surface area contributed by atoms with Crippen LogP contribution in [-0.4, -0.2) is 61.2 Å². The molecule has 18 heavy (non-hydrogen) atoms. The lowest BCUT2D eigenvalue weighted by Gasteiger charge is -2.20. The van der Waals surface area contributed by atoms with Crippen LogP contribution >= 0.6 is 0 Å². The van der Waals surface area contributed by atoms with E-state index in [4.69, 9.17) is 9.47 Å². The summed E-state index contributed by atoms with van der Waals surface area (Å²) in [6, 6.07) is 0. The second kappa shape index (κ2) is 5.64. The molecule has 0 amide bonds. The third-order valence-electron chi connectivity index (χ3n) is 3.23. The SMILES string of the molecule is C1CNCCN(c2n[nH]c(C3COCCO3)n2)C1. The van der Waals surface area contributed by atoms with Gasteiger partial charge in [0.1, 0.15) is 6.10 Å². The molecule has 1 unspecified atom stereocenters. The van der Waals surface area contributed by atoms with Crippen molar-refractivity contribution in [3.63, 3.8) is 0 Å². The number of hydrogen-bond donors (Lipinski definition) is 2. The molecule has 2 aliphatic heterocycles. The van der Waals surface area contributed by atoms with Crippen molar-refractivity contribution in [2.45, 2.75) is 12.5 Å². The summed E-state index contributed by atoms with van der Waals surface area (Å²) in [5, 5.41) is 10.6. The van der Waals surface area contributed by atoms with Crippen LogP contribution in [0.15, 0.2) is 0 Å². The molecule has 1 aromatic heterocycles. The zero-order valence-electron chi connectivity index (χ0n) is 10.4. The van der Waals surface area contributed by atoms with Crippen molar-refractivity contribution in [2.24, 2.45) is 0 Å². The highest BCUT2D eigenvalue weighted by molar-refractivity contribution is 5.29. The second-order valence-corrected chi connectivity index (χ2v) is 4.55. The Kier molecular flexibility index (Phi) is 3.72. The molecule has 2 aliphatic rings. The van der Waals surface area contributed by atoms with Crippen LogP contribution in [0.4, 0.5) is 5.95 Å². The average Bonchev–Trinajstić information content (AvgIpc) is 2.76. The summed E-state index contributed by atoms with van der Waals surface area (Å²) in [6.45, 7) is 5.81. The monoisotopic (exact) mass is 253 g/mol. The van der Waals surface area contributed by atoms with Crippen molar-refractivity contribution in [1.29, 1.82) is 0 Å². The predicted octanol–water partition coefficient (Wildman–Crippen LogP) is -0.308. The molecule has 0 bridgehead atoms. The van der Waals surface area contributed by atoms with Gasteiger partial charge in [-0.2, -0.15) is 4.98 Å². The number of aromatic nitrogens is 3. The van der Waals surface area contributed by atoms with Crippen LogP contribution in [0.3, 0.4) is 0 Å². The van der Waals surface area contributed by atoms with Gasteiger partial charge in [-0.15, -0.1) is 5.10 Å². The summed E-state index contributed by atoms with van der Waals surface area (Å²) in [7, 11) is 0. The summed E-state index contributed by atoms with van der Waals surface area (Å²) >= 11 is 0. The van der Waals surface area contributed by atoms with Gasteiger partial charge in [-0.05, 0) is 13.0 Å². The van der Waals surface area contributed by atoms with Gasteiger partial charge in [0, 0.05) is 19.6 Å². The highest BCUT2D eigenvalue weighted by Gasteiger charge is 2.22. The van der Waals surface area contributed by atoms with E-state index in [9.17, 15) is 0 Å². The van der Waals surface area contributed by atoms with Gasteiger partial charge in [0.15, 0.2) is 5.82 Å². The van der Waals surface area contributed by atoms with Gasteiger partial charge >= 0.3 is 0 Å². The Balaban J connectivity index is 1.67. The Morgan fingerprint density at radius 1 is 1.22 bits per heavy atom. The molecule has 7 nitrogen and oxygen atoms in total. The molecule has 0 aliphatic carbocycles. The summed E-state index contributed by atoms with van der Waals surface area (Å²) < 4.78 is 11.0. The average molecular weight is 253 g/mol. The molecule has 2 saturated heterocycles. The molecule has 2 fully saturated rings. The first-order chi connectivity index (χ1) is 8.93. The standard InChI is InChI=1S/C11H19N5O2/c1-2-12-3-5-16(4-1)11-13-10(14-15-11)9-8-17-6-7-18-9/h9,12H,1-8H2,(H,13,14,15). The van der Waals surface area contributed by atoms with Crippen LogP contribution in [0.25, 0.3) is 0 Å². The fourth-order valence-corrected chi connectivity index (χ4v) is 2.24. The summed E-state index contributed by atoms with van der Waals surface area (Å²) in [6.07, 6.45) is 1.01. The molecule has 0 aromatic carbocycles. The van der Waals surface area contributed by atoms with E-state index in [1.807, 2.05) is 0 Å². The third kappa shape index (κ3) is 2.63. The highest BCUT2D eigenvalue weighted by Crippen LogP contribution is 2.19. The molecule has 3 heterocycles. The van der Waals surface area contributed by atoms with E-state index in [2.05, 4.69) is 25.4 Å². The third-order valence-corrected chi connectivity index (χ3v) is 3.23. The van der Waals surface area contributed by atoms with Crippen LogP contribution in [0.1, 0.15) is 18.3 Å². The van der Waals surface area contributed by atoms with Crippen LogP contribution in [0.5, 0.6) is 0 Å². The lowest BCUT2D eigenvalue weighted by molar-refractivity contribution is -0.0933. The lowest BCUT2D eigenvalue weighted by atomic mass is 10.3. The van der Waals surface area contributed by atoms with E-state index in [0.29, 0.717) is 19.8 Å². The fourth-order valence-electron chi connectivity index (χ4n) is 2.24. The Morgan fingerprint density at radius 2 is 2.22 bits per heavy atom. The normalized spacial score (nSPS) is 26.0. The zero-order valence-corrected chi connectivity index (χ0v) is 10.4. The van der Waals surface area contributed by atoms with Crippen LogP contribution < -0.4 is 10.2 Å². The largest absolute Gasteiger partial charge is 0.376 e. The minimum absolute atomic E-state index is 0.106. The molecule has 0 spiro atoms. The number of aromatic amines is 1. The first kappa shape index (κ1) is 11.9. The Hall–Kier alpha value is -1.18. The smallest absolute Gasteiger partial charge is 0.244 e. The second-order valence-electron chi connectivity index (χ2n) is 4.55. The summed E-state index contributed by atoms with van der Waals surface area (Å²) in [5.41, 5.74) is 0. The molecule has 7 heteroatoms. The van der Waals surface area contributed by atoms with Gasteiger partial charge in [-0.3, -0.25) is 5.10 Å². The number of anilines is 1. The summed E-state index contributed by atoms with van der Waals surface area (Å²) in [5.74, 6) is 1.53. The van der Waals surface area contributed by atoms with Gasteiger partial charge in [0.25, 0.3) is 0 Å². The topological polar surface area (TPSA) is 75.3 Å². The van der Waals surface area contributed by atoms with E-state index >= 15 is 0 Å². The molecule has 1 aromatic rings. The molecule has 0 radical (unpaired) electrons. The molecule has 1 atom stereocenters. The number of nitrogens with one attached hydrogen (secondary N) is 2. The maximum atomic E-state index is 5.60. The highest BCUT2D eigenvalue weighted by atomic mass is 16.6. The van der Waals surface area contributed by atoms with Gasteiger partial charge in [-0.25, -0.2) is 0 Å². The molecule has 0 saturated carbocycles. The van der Waals surface area contributed by atoms with Gasteiger partial charge in [0.2, 0.25) is 5.95 Å². The van der Waals surface area contributed by atoms with Crippen molar-refractivity contribution in [2.75, 3.05) is 50.9 Å². The first-order valence-electron chi connectivity index (χ1n) is 6.51. The van der Waals surface area contributed by atoms with Gasteiger partial charge < -0.3 is 19.7 Å². The number of nitrogens with zero attached hydrogens (tertiary/aromatic N) is 3. The van der Waals surface area contributed by atoms with Crippen LogP contribution in [0, 0.1) is 0 Å². The number of ether oxygens (including phenoxy) is 2. The van der Waals surface area contributed by atoms with Crippen molar-refractivity contribution in [3.05, 3.63) is 5.82 Å². The zero-order chi connectivity index (χ0) is 12.2. The number of hydrogen-bond acceptors (Lipinski definition) is 6. The quantitative estimate of drug-likeness (QED) is 0.753. The molecule has 3 rings (SSSR count). The van der Waals surface area contributed by atoms with E-state index in [1.54, 1.807) is 0 Å². The molecular weight excluding hydrogens is 234 g/mol. The fraction of sp³-hybridized carbons (Fsp3) is 0.818. The van der Waals surface area contributed by atoms with E-state index in [-0.39, 0.29) is 6.10 Å². The Labute approximate surface area is 106 Å². The molecule has 2 N–H and O–H groups in total. The van der Waals surface area contributed by atoms with Crippen molar-refractivity contribution < 1.29 is 9.47 Å². The van der Waals surface area contributed by atoms with Crippen molar-refractivity contribution in [3.8, 4) is 0 Å². The Bertz CT molecular complexity index is 369. The van der Waals surface area contributed by atoms with Gasteiger partial charge in [0.05, 0.1) is 19.8 Å². The maximum absolute atomic E-state index is 5.60. The van der Waals surface area contributed by atoms with E-state index in [0.717, 1.165) is 44.4 Å². The number of H-pyrrole nitrogens is 1. The van der Waals surface area contributed by atoms with E-state index < -0.39 is 0 Å². The minimum Gasteiger partial charge on any atom is -0.376 e. The molecular formula is C11H19N5O2. The lowest BCUT2D eigenvalue weighted by Crippen LogP contribution is -2.29. The van der Waals surface area contributed by atoms with E-state index in [1.165, 1.54) is 0 Å². The first-order valence-corrected chi connectivity index (χ1v) is 6.51. The summed E-state index contributed by atoms with van der Waals surface area (Å²) in [4.78, 5) is 6.72. The van der Waals surface area contributed by atoms with Gasteiger partial charge in [-0.1, -0.05) is 0 Å². The molecule has 100 valence electrons.